The zero-order chi connectivity index (χ0) is 17.5. The van der Waals surface area contributed by atoms with Gasteiger partial charge in [0, 0.05) is 30.9 Å². The second-order valence-electron chi connectivity index (χ2n) is 6.44. The molecule has 0 unspecified atom stereocenters. The van der Waals surface area contributed by atoms with Gasteiger partial charge in [-0.05, 0) is 49.1 Å². The molecular formula is C20H24ClN3O. The second kappa shape index (κ2) is 8.86. The summed E-state index contributed by atoms with van der Waals surface area (Å²) in [5.41, 5.74) is 1.90. The van der Waals surface area contributed by atoms with Crippen LogP contribution in [0, 0.1) is 0 Å². The van der Waals surface area contributed by atoms with Crippen LogP contribution in [0.15, 0.2) is 42.6 Å². The molecule has 1 aromatic heterocycles. The van der Waals surface area contributed by atoms with Gasteiger partial charge in [-0.15, -0.1) is 0 Å². The van der Waals surface area contributed by atoms with Gasteiger partial charge in [0.2, 0.25) is 0 Å². The highest BCUT2D eigenvalue weighted by Gasteiger charge is 2.17. The Hall–Kier alpha value is -2.07. The molecule has 1 amide bonds. The van der Waals surface area contributed by atoms with Crippen LogP contribution in [0.5, 0.6) is 0 Å². The van der Waals surface area contributed by atoms with E-state index in [0.717, 1.165) is 49.7 Å². The molecule has 0 radical (unpaired) electrons. The van der Waals surface area contributed by atoms with Gasteiger partial charge >= 0.3 is 0 Å². The van der Waals surface area contributed by atoms with Crippen molar-refractivity contribution >= 4 is 23.3 Å². The topological polar surface area (TPSA) is 45.2 Å². The lowest BCUT2D eigenvalue weighted by Gasteiger charge is -2.20. The summed E-state index contributed by atoms with van der Waals surface area (Å²) in [5, 5.41) is 4.05. The first-order valence-electron chi connectivity index (χ1n) is 8.96. The Bertz CT molecular complexity index is 677. The van der Waals surface area contributed by atoms with Gasteiger partial charge in [0.1, 0.15) is 5.82 Å². The van der Waals surface area contributed by atoms with Gasteiger partial charge in [0.15, 0.2) is 0 Å². The summed E-state index contributed by atoms with van der Waals surface area (Å²) in [7, 11) is 0. The molecule has 1 aromatic carbocycles. The number of halogens is 1. The number of hydrogen-bond acceptors (Lipinski definition) is 3. The predicted octanol–water partition coefficient (Wildman–Crippen LogP) is 4.41. The molecule has 4 nitrogen and oxygen atoms in total. The van der Waals surface area contributed by atoms with Gasteiger partial charge in [0.05, 0.1) is 5.56 Å². The Morgan fingerprint density at radius 2 is 1.76 bits per heavy atom. The van der Waals surface area contributed by atoms with Crippen molar-refractivity contribution in [1.82, 2.24) is 9.88 Å². The molecular weight excluding hydrogens is 334 g/mol. The van der Waals surface area contributed by atoms with Crippen LogP contribution in [0.2, 0.25) is 5.02 Å². The average molecular weight is 358 g/mol. The van der Waals surface area contributed by atoms with Crippen LogP contribution in [0.4, 0.5) is 5.82 Å². The number of amides is 1. The first kappa shape index (κ1) is 17.7. The number of likely N-dealkylation sites (tertiary alicyclic amines) is 1. The van der Waals surface area contributed by atoms with Crippen molar-refractivity contribution in [2.75, 3.05) is 25.0 Å². The van der Waals surface area contributed by atoms with Crippen molar-refractivity contribution in [2.45, 2.75) is 32.1 Å². The van der Waals surface area contributed by atoms with E-state index in [0.29, 0.717) is 5.56 Å². The number of aromatic nitrogens is 1. The monoisotopic (exact) mass is 357 g/mol. The summed E-state index contributed by atoms with van der Waals surface area (Å²) in [6.07, 6.45) is 7.22. The molecule has 0 saturated carbocycles. The Morgan fingerprint density at radius 1 is 1.04 bits per heavy atom. The SMILES string of the molecule is O=C(c1ccc(NCCc2ccc(Cl)cc2)nc1)N1CCCCCC1. The Morgan fingerprint density at radius 3 is 2.40 bits per heavy atom. The van der Waals surface area contributed by atoms with Crippen molar-refractivity contribution in [2.24, 2.45) is 0 Å². The third kappa shape index (κ3) is 5.20. The van der Waals surface area contributed by atoms with E-state index in [1.54, 1.807) is 6.20 Å². The lowest BCUT2D eigenvalue weighted by molar-refractivity contribution is 0.0761. The van der Waals surface area contributed by atoms with E-state index >= 15 is 0 Å². The summed E-state index contributed by atoms with van der Waals surface area (Å²) in [6.45, 7) is 2.51. The fourth-order valence-corrected chi connectivity index (χ4v) is 3.19. The number of nitrogens with zero attached hydrogens (tertiary/aromatic N) is 2. The number of carbonyl (C=O) groups is 1. The van der Waals surface area contributed by atoms with Crippen LogP contribution in [-0.4, -0.2) is 35.4 Å². The third-order valence-electron chi connectivity index (χ3n) is 4.54. The maximum Gasteiger partial charge on any atom is 0.255 e. The predicted molar refractivity (Wildman–Crippen MR) is 102 cm³/mol. The summed E-state index contributed by atoms with van der Waals surface area (Å²) < 4.78 is 0. The van der Waals surface area contributed by atoms with Crippen molar-refractivity contribution in [3.63, 3.8) is 0 Å². The van der Waals surface area contributed by atoms with E-state index in [4.69, 9.17) is 11.6 Å². The maximum atomic E-state index is 12.5. The fourth-order valence-electron chi connectivity index (χ4n) is 3.07. The first-order chi connectivity index (χ1) is 12.2. The second-order valence-corrected chi connectivity index (χ2v) is 6.88. The van der Waals surface area contributed by atoms with E-state index < -0.39 is 0 Å². The molecule has 25 heavy (non-hydrogen) atoms. The molecule has 1 aliphatic rings. The Kier molecular flexibility index (Phi) is 6.29. The molecule has 3 rings (SSSR count). The van der Waals surface area contributed by atoms with Crippen molar-refractivity contribution < 1.29 is 4.79 Å². The van der Waals surface area contributed by atoms with Crippen LogP contribution >= 0.6 is 11.6 Å². The van der Waals surface area contributed by atoms with Crippen LogP contribution < -0.4 is 5.32 Å². The van der Waals surface area contributed by atoms with Crippen molar-refractivity contribution in [1.29, 1.82) is 0 Å². The Balaban J connectivity index is 1.51. The standard InChI is InChI=1S/C20H24ClN3O/c21-18-8-5-16(6-9-18)11-12-22-19-10-7-17(15-23-19)20(25)24-13-3-1-2-4-14-24/h5-10,15H,1-4,11-14H2,(H,22,23). The van der Waals surface area contributed by atoms with E-state index in [1.807, 2.05) is 41.3 Å². The van der Waals surface area contributed by atoms with Gasteiger partial charge in [-0.1, -0.05) is 36.6 Å². The number of benzene rings is 1. The van der Waals surface area contributed by atoms with Gasteiger partial charge < -0.3 is 10.2 Å². The smallest absolute Gasteiger partial charge is 0.255 e. The number of pyridine rings is 1. The molecule has 5 heteroatoms. The van der Waals surface area contributed by atoms with E-state index in [2.05, 4.69) is 10.3 Å². The lowest BCUT2D eigenvalue weighted by Crippen LogP contribution is -2.31. The molecule has 0 bridgehead atoms. The minimum Gasteiger partial charge on any atom is -0.370 e. The molecule has 1 aliphatic heterocycles. The van der Waals surface area contributed by atoms with Crippen molar-refractivity contribution in [3.8, 4) is 0 Å². The minimum atomic E-state index is 0.0992. The summed E-state index contributed by atoms with van der Waals surface area (Å²) in [4.78, 5) is 18.9. The number of hydrogen-bond donors (Lipinski definition) is 1. The summed E-state index contributed by atoms with van der Waals surface area (Å²) in [5.74, 6) is 0.892. The largest absolute Gasteiger partial charge is 0.370 e. The number of nitrogens with one attached hydrogen (secondary N) is 1. The molecule has 132 valence electrons. The molecule has 1 N–H and O–H groups in total. The summed E-state index contributed by atoms with van der Waals surface area (Å²) >= 11 is 5.89. The van der Waals surface area contributed by atoms with Gasteiger partial charge in [0.25, 0.3) is 5.91 Å². The van der Waals surface area contributed by atoms with Gasteiger partial charge in [-0.3, -0.25) is 4.79 Å². The van der Waals surface area contributed by atoms with Crippen LogP contribution in [-0.2, 0) is 6.42 Å². The molecule has 0 atom stereocenters. The molecule has 0 aliphatic carbocycles. The third-order valence-corrected chi connectivity index (χ3v) is 4.79. The summed E-state index contributed by atoms with van der Waals surface area (Å²) in [6, 6.07) is 11.6. The fraction of sp³-hybridized carbons (Fsp3) is 0.400. The lowest BCUT2D eigenvalue weighted by atomic mass is 10.1. The zero-order valence-electron chi connectivity index (χ0n) is 14.4. The van der Waals surface area contributed by atoms with Crippen LogP contribution in [0.1, 0.15) is 41.6 Å². The van der Waals surface area contributed by atoms with E-state index in [1.165, 1.54) is 18.4 Å². The highest BCUT2D eigenvalue weighted by Crippen LogP contribution is 2.14. The van der Waals surface area contributed by atoms with Gasteiger partial charge in [-0.25, -0.2) is 4.98 Å². The van der Waals surface area contributed by atoms with E-state index in [9.17, 15) is 4.79 Å². The number of rotatable bonds is 5. The molecule has 2 aromatic rings. The first-order valence-corrected chi connectivity index (χ1v) is 9.34. The molecule has 2 heterocycles. The van der Waals surface area contributed by atoms with Crippen molar-refractivity contribution in [3.05, 3.63) is 58.7 Å². The van der Waals surface area contributed by atoms with Crippen LogP contribution in [0.25, 0.3) is 0 Å². The zero-order valence-corrected chi connectivity index (χ0v) is 15.1. The highest BCUT2D eigenvalue weighted by molar-refractivity contribution is 6.30. The van der Waals surface area contributed by atoms with Gasteiger partial charge in [-0.2, -0.15) is 0 Å². The Labute approximate surface area is 154 Å². The maximum absolute atomic E-state index is 12.5. The molecule has 0 spiro atoms. The molecule has 1 saturated heterocycles. The molecule has 1 fully saturated rings. The minimum absolute atomic E-state index is 0.0992. The highest BCUT2D eigenvalue weighted by atomic mass is 35.5. The van der Waals surface area contributed by atoms with E-state index in [-0.39, 0.29) is 5.91 Å². The quantitative estimate of drug-likeness (QED) is 0.862. The normalized spacial score (nSPS) is 14.8. The number of anilines is 1. The van der Waals surface area contributed by atoms with Crippen LogP contribution in [0.3, 0.4) is 0 Å². The average Bonchev–Trinajstić information content (AvgIpc) is 2.93. The number of carbonyl (C=O) groups excluding carboxylic acids is 1.